The standard InChI is InChI=1S/C19H24N2O2/c1-4-11-21(12-5-1)13-14-22-18-8-6-9-19(15-18)23-16-17-7-2-3-10-20-17/h2-3,6-10,15H,1,4-5,11-14,16H2. The normalized spacial score (nSPS) is 15.3. The van der Waals surface area contributed by atoms with Gasteiger partial charge in [0, 0.05) is 18.8 Å². The molecule has 0 saturated carbocycles. The zero-order valence-corrected chi connectivity index (χ0v) is 13.5. The number of ether oxygens (including phenoxy) is 2. The number of nitrogens with zero attached hydrogens (tertiary/aromatic N) is 2. The Morgan fingerprint density at radius 3 is 2.52 bits per heavy atom. The van der Waals surface area contributed by atoms with Crippen molar-refractivity contribution in [3.05, 3.63) is 54.4 Å². The third-order valence-corrected chi connectivity index (χ3v) is 4.04. The van der Waals surface area contributed by atoms with Crippen LogP contribution in [-0.2, 0) is 6.61 Å². The molecule has 0 amide bonds. The van der Waals surface area contributed by atoms with Gasteiger partial charge < -0.3 is 9.47 Å². The van der Waals surface area contributed by atoms with E-state index in [1.165, 1.54) is 32.4 Å². The summed E-state index contributed by atoms with van der Waals surface area (Å²) in [7, 11) is 0. The van der Waals surface area contributed by atoms with E-state index in [4.69, 9.17) is 9.47 Å². The number of pyridine rings is 1. The van der Waals surface area contributed by atoms with E-state index in [9.17, 15) is 0 Å². The van der Waals surface area contributed by atoms with Crippen molar-refractivity contribution < 1.29 is 9.47 Å². The summed E-state index contributed by atoms with van der Waals surface area (Å²) in [5.74, 6) is 1.67. The van der Waals surface area contributed by atoms with Gasteiger partial charge in [0.15, 0.2) is 0 Å². The third kappa shape index (κ3) is 5.25. The Kier molecular flexibility index (Phi) is 5.87. The van der Waals surface area contributed by atoms with Crippen LogP contribution in [0.3, 0.4) is 0 Å². The van der Waals surface area contributed by atoms with Gasteiger partial charge in [-0.2, -0.15) is 0 Å². The Balaban J connectivity index is 1.45. The van der Waals surface area contributed by atoms with Crippen molar-refractivity contribution in [1.29, 1.82) is 0 Å². The molecule has 3 rings (SSSR count). The molecule has 2 aromatic rings. The number of piperidine rings is 1. The summed E-state index contributed by atoms with van der Waals surface area (Å²) >= 11 is 0. The van der Waals surface area contributed by atoms with Gasteiger partial charge in [0.25, 0.3) is 0 Å². The van der Waals surface area contributed by atoms with Crippen LogP contribution in [0.15, 0.2) is 48.7 Å². The number of benzene rings is 1. The lowest BCUT2D eigenvalue weighted by Crippen LogP contribution is -2.33. The number of hydrogen-bond acceptors (Lipinski definition) is 4. The molecular weight excluding hydrogens is 288 g/mol. The topological polar surface area (TPSA) is 34.6 Å². The van der Waals surface area contributed by atoms with Crippen LogP contribution in [0.25, 0.3) is 0 Å². The Labute approximate surface area is 138 Å². The van der Waals surface area contributed by atoms with Crippen LogP contribution in [0.4, 0.5) is 0 Å². The zero-order chi connectivity index (χ0) is 15.7. The van der Waals surface area contributed by atoms with Crippen LogP contribution in [0.1, 0.15) is 25.0 Å². The minimum absolute atomic E-state index is 0.470. The summed E-state index contributed by atoms with van der Waals surface area (Å²) in [6, 6.07) is 13.7. The second-order valence-electron chi connectivity index (χ2n) is 5.84. The first-order valence-corrected chi connectivity index (χ1v) is 8.38. The minimum Gasteiger partial charge on any atom is -0.492 e. The van der Waals surface area contributed by atoms with Crippen molar-refractivity contribution in [2.45, 2.75) is 25.9 Å². The zero-order valence-electron chi connectivity index (χ0n) is 13.5. The van der Waals surface area contributed by atoms with Gasteiger partial charge in [0.2, 0.25) is 0 Å². The molecule has 0 atom stereocenters. The van der Waals surface area contributed by atoms with E-state index < -0.39 is 0 Å². The molecule has 1 fully saturated rings. The van der Waals surface area contributed by atoms with Gasteiger partial charge in [-0.3, -0.25) is 9.88 Å². The predicted octanol–water partition coefficient (Wildman–Crippen LogP) is 3.53. The van der Waals surface area contributed by atoms with Crippen molar-refractivity contribution >= 4 is 0 Å². The van der Waals surface area contributed by atoms with Crippen molar-refractivity contribution in [3.63, 3.8) is 0 Å². The summed E-state index contributed by atoms with van der Waals surface area (Å²) in [5.41, 5.74) is 0.920. The molecule has 2 heterocycles. The molecule has 0 aliphatic carbocycles. The molecule has 0 unspecified atom stereocenters. The lowest BCUT2D eigenvalue weighted by molar-refractivity contribution is 0.183. The van der Waals surface area contributed by atoms with Gasteiger partial charge in [-0.15, -0.1) is 0 Å². The highest BCUT2D eigenvalue weighted by Crippen LogP contribution is 2.20. The van der Waals surface area contributed by atoms with Crippen LogP contribution in [0.5, 0.6) is 11.5 Å². The van der Waals surface area contributed by atoms with E-state index in [2.05, 4.69) is 9.88 Å². The maximum absolute atomic E-state index is 5.86. The van der Waals surface area contributed by atoms with E-state index in [0.29, 0.717) is 6.61 Å². The fourth-order valence-electron chi connectivity index (χ4n) is 2.77. The average Bonchev–Trinajstić information content (AvgIpc) is 2.62. The molecular formula is C19H24N2O2. The van der Waals surface area contributed by atoms with Crippen molar-refractivity contribution in [2.75, 3.05) is 26.2 Å². The molecule has 1 aliphatic rings. The van der Waals surface area contributed by atoms with Gasteiger partial charge in [-0.05, 0) is 50.2 Å². The maximum atomic E-state index is 5.86. The fourth-order valence-corrected chi connectivity index (χ4v) is 2.77. The van der Waals surface area contributed by atoms with Gasteiger partial charge in [0.05, 0.1) is 5.69 Å². The Bertz CT molecular complexity index is 583. The molecule has 0 N–H and O–H groups in total. The quantitative estimate of drug-likeness (QED) is 0.783. The molecule has 0 spiro atoms. The molecule has 1 aromatic carbocycles. The average molecular weight is 312 g/mol. The van der Waals surface area contributed by atoms with E-state index in [1.54, 1.807) is 6.20 Å². The van der Waals surface area contributed by atoms with Crippen molar-refractivity contribution in [2.24, 2.45) is 0 Å². The summed E-state index contributed by atoms with van der Waals surface area (Å²) in [4.78, 5) is 6.73. The van der Waals surface area contributed by atoms with Crippen molar-refractivity contribution in [1.82, 2.24) is 9.88 Å². The summed E-state index contributed by atoms with van der Waals surface area (Å²) in [6.45, 7) is 4.61. The van der Waals surface area contributed by atoms with E-state index >= 15 is 0 Å². The molecule has 1 aromatic heterocycles. The molecule has 4 heteroatoms. The molecule has 1 saturated heterocycles. The summed E-state index contributed by atoms with van der Waals surface area (Å²) < 4.78 is 11.6. The summed E-state index contributed by atoms with van der Waals surface area (Å²) in [6.07, 6.45) is 5.78. The highest BCUT2D eigenvalue weighted by Gasteiger charge is 2.09. The molecule has 0 radical (unpaired) electrons. The lowest BCUT2D eigenvalue weighted by atomic mass is 10.1. The second-order valence-corrected chi connectivity index (χ2v) is 5.84. The summed E-state index contributed by atoms with van der Waals surface area (Å²) in [5, 5.41) is 0. The molecule has 1 aliphatic heterocycles. The largest absolute Gasteiger partial charge is 0.492 e. The highest BCUT2D eigenvalue weighted by molar-refractivity contribution is 5.33. The molecule has 122 valence electrons. The Hall–Kier alpha value is -2.07. The van der Waals surface area contributed by atoms with Crippen LogP contribution >= 0.6 is 0 Å². The molecule has 4 nitrogen and oxygen atoms in total. The predicted molar refractivity (Wildman–Crippen MR) is 90.8 cm³/mol. The first-order valence-electron chi connectivity index (χ1n) is 8.38. The van der Waals surface area contributed by atoms with Crippen LogP contribution in [0, 0.1) is 0 Å². The monoisotopic (exact) mass is 312 g/mol. The van der Waals surface area contributed by atoms with Gasteiger partial charge in [-0.1, -0.05) is 18.6 Å². The lowest BCUT2D eigenvalue weighted by Gasteiger charge is -2.26. The molecule has 0 bridgehead atoms. The first-order chi connectivity index (χ1) is 11.4. The third-order valence-electron chi connectivity index (χ3n) is 4.04. The Morgan fingerprint density at radius 1 is 0.913 bits per heavy atom. The van der Waals surface area contributed by atoms with Gasteiger partial charge >= 0.3 is 0 Å². The van der Waals surface area contributed by atoms with Crippen molar-refractivity contribution in [3.8, 4) is 11.5 Å². The van der Waals surface area contributed by atoms with Crippen LogP contribution in [0.2, 0.25) is 0 Å². The second kappa shape index (κ2) is 8.53. The number of aromatic nitrogens is 1. The first kappa shape index (κ1) is 15.8. The van der Waals surface area contributed by atoms with Crippen LogP contribution in [-0.4, -0.2) is 36.1 Å². The maximum Gasteiger partial charge on any atom is 0.130 e. The number of rotatable bonds is 7. The van der Waals surface area contributed by atoms with E-state index in [0.717, 1.165) is 30.3 Å². The number of likely N-dealkylation sites (tertiary alicyclic amines) is 1. The SMILES string of the molecule is c1ccc(COc2cccc(OCCN3CCCCC3)c2)nc1. The van der Waals surface area contributed by atoms with Crippen LogP contribution < -0.4 is 9.47 Å². The molecule has 23 heavy (non-hydrogen) atoms. The van der Waals surface area contributed by atoms with Gasteiger partial charge in [-0.25, -0.2) is 0 Å². The highest BCUT2D eigenvalue weighted by atomic mass is 16.5. The van der Waals surface area contributed by atoms with E-state index in [1.807, 2.05) is 42.5 Å². The number of hydrogen-bond donors (Lipinski definition) is 0. The van der Waals surface area contributed by atoms with E-state index in [-0.39, 0.29) is 0 Å². The van der Waals surface area contributed by atoms with Gasteiger partial charge in [0.1, 0.15) is 24.7 Å². The minimum atomic E-state index is 0.470. The fraction of sp³-hybridized carbons (Fsp3) is 0.421. The smallest absolute Gasteiger partial charge is 0.130 e. The Morgan fingerprint density at radius 2 is 1.74 bits per heavy atom.